The summed E-state index contributed by atoms with van der Waals surface area (Å²) in [6, 6.07) is 7.44. The first kappa shape index (κ1) is 11.6. The molecule has 2 rings (SSSR count). The number of rotatable bonds is 2. The number of benzene rings is 1. The van der Waals surface area contributed by atoms with Gasteiger partial charge < -0.3 is 5.73 Å². The molecule has 0 aliphatic carbocycles. The second-order valence-electron chi connectivity index (χ2n) is 4.37. The topological polar surface area (TPSA) is 72.2 Å². The Bertz CT molecular complexity index is 456. The average molecular weight is 232 g/mol. The molecule has 1 aliphatic heterocycles. The normalized spacial score (nSPS) is 24.5. The molecule has 1 aromatic rings. The Morgan fingerprint density at radius 1 is 1.35 bits per heavy atom. The minimum absolute atomic E-state index is 0.0950. The lowest BCUT2D eigenvalue weighted by molar-refractivity contribution is -0.137. The van der Waals surface area contributed by atoms with Crippen LogP contribution in [0.5, 0.6) is 0 Å². The molecule has 1 fully saturated rings. The number of amides is 2. The van der Waals surface area contributed by atoms with Gasteiger partial charge >= 0.3 is 0 Å². The van der Waals surface area contributed by atoms with Crippen molar-refractivity contribution in [1.29, 1.82) is 0 Å². The maximum absolute atomic E-state index is 11.8. The second kappa shape index (κ2) is 4.57. The summed E-state index contributed by atoms with van der Waals surface area (Å²) in [5, 5.41) is 2.38. The molecule has 2 unspecified atom stereocenters. The molecule has 0 spiro atoms. The predicted octanol–water partition coefficient (Wildman–Crippen LogP) is 1.43. The summed E-state index contributed by atoms with van der Waals surface area (Å²) in [6.07, 6.45) is 1.04. The van der Waals surface area contributed by atoms with Crippen LogP contribution in [0.3, 0.4) is 0 Å². The fourth-order valence-corrected chi connectivity index (χ4v) is 2.45. The molecular weight excluding hydrogens is 216 g/mol. The van der Waals surface area contributed by atoms with Crippen molar-refractivity contribution in [1.82, 2.24) is 5.32 Å². The molecular formula is C13H16N2O2. The van der Waals surface area contributed by atoms with Crippen molar-refractivity contribution < 1.29 is 9.59 Å². The summed E-state index contributed by atoms with van der Waals surface area (Å²) in [5.74, 6) is -0.662. The third kappa shape index (κ3) is 2.16. The molecule has 0 bridgehead atoms. The molecule has 4 nitrogen and oxygen atoms in total. The molecule has 2 atom stereocenters. The van der Waals surface area contributed by atoms with E-state index >= 15 is 0 Å². The van der Waals surface area contributed by atoms with Crippen LogP contribution in [0.1, 0.15) is 31.2 Å². The van der Waals surface area contributed by atoms with Crippen molar-refractivity contribution in [2.75, 3.05) is 5.73 Å². The molecule has 90 valence electrons. The van der Waals surface area contributed by atoms with E-state index in [9.17, 15) is 9.59 Å². The highest BCUT2D eigenvalue weighted by molar-refractivity contribution is 6.00. The zero-order chi connectivity index (χ0) is 12.4. The number of hydrogen-bond acceptors (Lipinski definition) is 3. The molecule has 0 saturated carbocycles. The summed E-state index contributed by atoms with van der Waals surface area (Å²) in [7, 11) is 0. The molecule has 0 radical (unpaired) electrons. The van der Waals surface area contributed by atoms with Gasteiger partial charge in [0.15, 0.2) is 0 Å². The van der Waals surface area contributed by atoms with E-state index in [0.29, 0.717) is 18.5 Å². The van der Waals surface area contributed by atoms with Gasteiger partial charge in [0.2, 0.25) is 11.8 Å². The lowest BCUT2D eigenvalue weighted by Gasteiger charge is -2.30. The van der Waals surface area contributed by atoms with E-state index in [0.717, 1.165) is 5.56 Å². The molecule has 0 aromatic heterocycles. The molecule has 17 heavy (non-hydrogen) atoms. The van der Waals surface area contributed by atoms with E-state index in [2.05, 4.69) is 5.32 Å². The van der Waals surface area contributed by atoms with E-state index < -0.39 is 0 Å². The van der Waals surface area contributed by atoms with Crippen molar-refractivity contribution in [2.24, 2.45) is 5.92 Å². The van der Waals surface area contributed by atoms with Crippen molar-refractivity contribution in [2.45, 2.75) is 25.7 Å². The third-order valence-corrected chi connectivity index (χ3v) is 3.33. The molecule has 1 aliphatic rings. The fourth-order valence-electron chi connectivity index (χ4n) is 2.45. The van der Waals surface area contributed by atoms with Gasteiger partial charge in [0, 0.05) is 23.9 Å². The SMILES string of the molecule is CCC1C(=O)NC(=O)CC1c1ccccc1N. The van der Waals surface area contributed by atoms with Gasteiger partial charge in [-0.15, -0.1) is 0 Å². The summed E-state index contributed by atoms with van der Waals surface area (Å²) < 4.78 is 0. The molecule has 1 heterocycles. The number of nitrogens with one attached hydrogen (secondary N) is 1. The van der Waals surface area contributed by atoms with Crippen LogP contribution >= 0.6 is 0 Å². The predicted molar refractivity (Wildman–Crippen MR) is 65.1 cm³/mol. The van der Waals surface area contributed by atoms with E-state index in [1.165, 1.54) is 0 Å². The van der Waals surface area contributed by atoms with Crippen LogP contribution in [0.4, 0.5) is 5.69 Å². The van der Waals surface area contributed by atoms with Crippen LogP contribution in [0.25, 0.3) is 0 Å². The lowest BCUT2D eigenvalue weighted by atomic mass is 9.78. The number of anilines is 1. The van der Waals surface area contributed by atoms with Gasteiger partial charge in [-0.3, -0.25) is 14.9 Å². The summed E-state index contributed by atoms with van der Waals surface area (Å²) in [5.41, 5.74) is 7.47. The Morgan fingerprint density at radius 2 is 2.06 bits per heavy atom. The molecule has 2 amide bonds. The van der Waals surface area contributed by atoms with Crippen LogP contribution in [-0.2, 0) is 9.59 Å². The van der Waals surface area contributed by atoms with Crippen molar-refractivity contribution >= 4 is 17.5 Å². The minimum atomic E-state index is -0.215. The number of hydrogen-bond donors (Lipinski definition) is 2. The Hall–Kier alpha value is -1.84. The fraction of sp³-hybridized carbons (Fsp3) is 0.385. The number of carbonyl (C=O) groups is 2. The maximum atomic E-state index is 11.8. The van der Waals surface area contributed by atoms with Gasteiger partial charge in [0.05, 0.1) is 0 Å². The van der Waals surface area contributed by atoms with Gasteiger partial charge in [-0.05, 0) is 18.1 Å². The zero-order valence-corrected chi connectivity index (χ0v) is 9.77. The van der Waals surface area contributed by atoms with Gasteiger partial charge in [-0.25, -0.2) is 0 Å². The molecule has 4 heteroatoms. The highest BCUT2D eigenvalue weighted by Crippen LogP contribution is 2.35. The highest BCUT2D eigenvalue weighted by atomic mass is 16.2. The van der Waals surface area contributed by atoms with Crippen molar-refractivity contribution in [3.63, 3.8) is 0 Å². The first-order valence-electron chi connectivity index (χ1n) is 5.81. The monoisotopic (exact) mass is 232 g/mol. The van der Waals surface area contributed by atoms with E-state index in [-0.39, 0.29) is 23.7 Å². The number of nitrogens with two attached hydrogens (primary N) is 1. The van der Waals surface area contributed by atoms with Gasteiger partial charge in [-0.1, -0.05) is 25.1 Å². The Kier molecular flexibility index (Phi) is 3.13. The first-order valence-corrected chi connectivity index (χ1v) is 5.81. The van der Waals surface area contributed by atoms with E-state index in [1.54, 1.807) is 6.07 Å². The Balaban J connectivity index is 2.38. The number of imide groups is 1. The maximum Gasteiger partial charge on any atom is 0.230 e. The average Bonchev–Trinajstić information content (AvgIpc) is 2.28. The van der Waals surface area contributed by atoms with Crippen molar-refractivity contribution in [3.8, 4) is 0 Å². The molecule has 3 N–H and O–H groups in total. The van der Waals surface area contributed by atoms with Gasteiger partial charge in [0.1, 0.15) is 0 Å². The number of nitrogen functional groups attached to an aromatic ring is 1. The molecule has 1 aromatic carbocycles. The van der Waals surface area contributed by atoms with E-state index in [4.69, 9.17) is 5.73 Å². The van der Waals surface area contributed by atoms with Crippen LogP contribution in [-0.4, -0.2) is 11.8 Å². The van der Waals surface area contributed by atoms with Gasteiger partial charge in [-0.2, -0.15) is 0 Å². The highest BCUT2D eigenvalue weighted by Gasteiger charge is 2.36. The Morgan fingerprint density at radius 3 is 2.71 bits per heavy atom. The van der Waals surface area contributed by atoms with Crippen molar-refractivity contribution in [3.05, 3.63) is 29.8 Å². The largest absolute Gasteiger partial charge is 0.398 e. The number of carbonyl (C=O) groups excluding carboxylic acids is 2. The quantitative estimate of drug-likeness (QED) is 0.598. The van der Waals surface area contributed by atoms with Crippen LogP contribution in [0, 0.1) is 5.92 Å². The van der Waals surface area contributed by atoms with Crippen LogP contribution < -0.4 is 11.1 Å². The Labute approximate surface area is 100 Å². The summed E-state index contributed by atoms with van der Waals surface area (Å²) >= 11 is 0. The number of para-hydroxylation sites is 1. The summed E-state index contributed by atoms with van der Waals surface area (Å²) in [6.45, 7) is 1.95. The second-order valence-corrected chi connectivity index (χ2v) is 4.37. The molecule has 1 saturated heterocycles. The first-order chi connectivity index (χ1) is 8.13. The lowest BCUT2D eigenvalue weighted by Crippen LogP contribution is -2.44. The minimum Gasteiger partial charge on any atom is -0.398 e. The van der Waals surface area contributed by atoms with Crippen LogP contribution in [0.2, 0.25) is 0 Å². The van der Waals surface area contributed by atoms with E-state index in [1.807, 2.05) is 25.1 Å². The zero-order valence-electron chi connectivity index (χ0n) is 9.77. The third-order valence-electron chi connectivity index (χ3n) is 3.33. The van der Waals surface area contributed by atoms with Gasteiger partial charge in [0.25, 0.3) is 0 Å². The standard InChI is InChI=1S/C13H16N2O2/c1-2-8-10(7-12(16)15-13(8)17)9-5-3-4-6-11(9)14/h3-6,8,10H,2,7,14H2,1H3,(H,15,16,17). The van der Waals surface area contributed by atoms with Crippen LogP contribution in [0.15, 0.2) is 24.3 Å². The number of piperidine rings is 1. The smallest absolute Gasteiger partial charge is 0.230 e. The summed E-state index contributed by atoms with van der Waals surface area (Å²) in [4.78, 5) is 23.2.